The highest BCUT2D eigenvalue weighted by Crippen LogP contribution is 2.40. The lowest BCUT2D eigenvalue weighted by Gasteiger charge is -2.38. The molecule has 0 aliphatic heterocycles. The summed E-state index contributed by atoms with van der Waals surface area (Å²) in [5, 5.41) is 5.20. The number of benzene rings is 3. The second-order valence-corrected chi connectivity index (χ2v) is 9.63. The van der Waals surface area contributed by atoms with Gasteiger partial charge in [-0.3, -0.25) is 0 Å². The first-order chi connectivity index (χ1) is 19.2. The molecule has 220 valence electrons. The van der Waals surface area contributed by atoms with Gasteiger partial charge in [0.2, 0.25) is 0 Å². The van der Waals surface area contributed by atoms with Crippen molar-refractivity contribution >= 4 is 6.03 Å². The number of nitrogens with one attached hydrogen (secondary N) is 2. The van der Waals surface area contributed by atoms with Crippen LogP contribution in [-0.4, -0.2) is 24.6 Å². The summed E-state index contributed by atoms with van der Waals surface area (Å²) in [6, 6.07) is 10.4. The molecule has 1 saturated carbocycles. The maximum atomic E-state index is 14.9. The fraction of sp³-hybridized carbons (Fsp3) is 0.321. The van der Waals surface area contributed by atoms with Crippen molar-refractivity contribution in [2.45, 2.75) is 56.0 Å². The summed E-state index contributed by atoms with van der Waals surface area (Å²) < 4.78 is 128. The van der Waals surface area contributed by atoms with Crippen molar-refractivity contribution in [2.24, 2.45) is 0 Å². The van der Waals surface area contributed by atoms with Gasteiger partial charge in [0.25, 0.3) is 0 Å². The predicted octanol–water partition coefficient (Wildman–Crippen LogP) is 7.56. The Kier molecular flexibility index (Phi) is 8.46. The lowest BCUT2D eigenvalue weighted by Crippen LogP contribution is -2.55. The summed E-state index contributed by atoms with van der Waals surface area (Å²) in [4.78, 5) is 13.2. The number of amides is 2. The maximum Gasteiger partial charge on any atom is 0.461 e. The fourth-order valence-corrected chi connectivity index (χ4v) is 4.51. The van der Waals surface area contributed by atoms with Gasteiger partial charge >= 0.3 is 24.7 Å². The zero-order chi connectivity index (χ0) is 30.0. The Balaban J connectivity index is 1.96. The number of hydrogen-bond acceptors (Lipinski definition) is 2. The summed E-state index contributed by atoms with van der Waals surface area (Å²) in [6.07, 6.45) is -12.8. The van der Waals surface area contributed by atoms with Crippen LogP contribution in [0.3, 0.4) is 0 Å². The van der Waals surface area contributed by atoms with Gasteiger partial charge in [-0.15, -0.1) is 0 Å². The summed E-state index contributed by atoms with van der Waals surface area (Å²) in [6.45, 7) is 0. The molecule has 0 spiro atoms. The van der Waals surface area contributed by atoms with Gasteiger partial charge in [0.15, 0.2) is 0 Å². The molecule has 0 saturated heterocycles. The van der Waals surface area contributed by atoms with Crippen LogP contribution in [0, 0.1) is 11.6 Å². The highest BCUT2D eigenvalue weighted by atomic mass is 19.4. The molecule has 0 aromatic heterocycles. The summed E-state index contributed by atoms with van der Waals surface area (Å²) >= 11 is 0. The van der Waals surface area contributed by atoms with E-state index in [0.717, 1.165) is 18.6 Å². The van der Waals surface area contributed by atoms with Crippen molar-refractivity contribution in [3.05, 3.63) is 101 Å². The average molecular weight is 590 g/mol. The molecule has 2 amide bonds. The van der Waals surface area contributed by atoms with Crippen molar-refractivity contribution in [3.63, 3.8) is 0 Å². The van der Waals surface area contributed by atoms with Crippen LogP contribution >= 0.6 is 0 Å². The topological polar surface area (TPSA) is 50.4 Å². The molecule has 1 aliphatic carbocycles. The lowest BCUT2D eigenvalue weighted by molar-refractivity contribution is -0.253. The normalized spacial score (nSPS) is 15.7. The molecule has 1 unspecified atom stereocenters. The highest BCUT2D eigenvalue weighted by Gasteiger charge is 2.45. The predicted molar refractivity (Wildman–Crippen MR) is 130 cm³/mol. The molecule has 4 nitrogen and oxygen atoms in total. The Morgan fingerprint density at radius 3 is 2.17 bits per heavy atom. The minimum absolute atomic E-state index is 0.264. The number of ether oxygens (including phenoxy) is 1. The largest absolute Gasteiger partial charge is 0.461 e. The molecule has 1 aliphatic rings. The Labute approximate surface area is 228 Å². The molecule has 2 N–H and O–H groups in total. The Bertz CT molecular complexity index is 1380. The van der Waals surface area contributed by atoms with Crippen LogP contribution in [0.1, 0.15) is 41.5 Å². The summed E-state index contributed by atoms with van der Waals surface area (Å²) in [7, 11) is 0. The van der Waals surface area contributed by atoms with Crippen molar-refractivity contribution in [1.29, 1.82) is 0 Å². The van der Waals surface area contributed by atoms with E-state index in [4.69, 9.17) is 0 Å². The van der Waals surface area contributed by atoms with Crippen LogP contribution in [0.4, 0.5) is 44.3 Å². The number of carbonyl (C=O) groups excluding carboxylic acids is 1. The number of carbonyl (C=O) groups is 1. The van der Waals surface area contributed by atoms with Gasteiger partial charge < -0.3 is 15.4 Å². The first-order valence-electron chi connectivity index (χ1n) is 12.4. The summed E-state index contributed by atoms with van der Waals surface area (Å²) in [5.74, 6) is -3.99. The van der Waals surface area contributed by atoms with Gasteiger partial charge in [-0.1, -0.05) is 36.4 Å². The standard InChI is InChI=1S/C28H23F9N2O2/c29-19-11-18(12-21(14-19)41-28(36,37)24(31)32)26(15-16-5-2-1-3-6-16,39-25(40)38-20-7-4-8-20)17-9-10-23(30)22(13-17)27(33,34)35/h1-3,5-6,9-14,20,24H,4,7-8,15H2,(H2,38,39,40). The minimum Gasteiger partial charge on any atom is -0.428 e. The maximum absolute atomic E-state index is 14.9. The molecule has 4 rings (SSSR count). The second-order valence-electron chi connectivity index (χ2n) is 9.63. The molecule has 0 heterocycles. The molecule has 3 aromatic rings. The molecule has 13 heteroatoms. The third kappa shape index (κ3) is 6.88. The van der Waals surface area contributed by atoms with Crippen LogP contribution in [0.5, 0.6) is 5.75 Å². The molecular weight excluding hydrogens is 567 g/mol. The van der Waals surface area contributed by atoms with Crippen molar-refractivity contribution in [2.75, 3.05) is 0 Å². The van der Waals surface area contributed by atoms with Gasteiger partial charge in [0.05, 0.1) is 11.1 Å². The van der Waals surface area contributed by atoms with E-state index in [1.54, 1.807) is 18.2 Å². The molecule has 0 bridgehead atoms. The highest BCUT2D eigenvalue weighted by molar-refractivity contribution is 5.76. The van der Waals surface area contributed by atoms with E-state index in [2.05, 4.69) is 15.4 Å². The number of halogens is 9. The number of alkyl halides is 7. The van der Waals surface area contributed by atoms with Crippen LogP contribution in [0.2, 0.25) is 0 Å². The van der Waals surface area contributed by atoms with Crippen LogP contribution in [0.15, 0.2) is 66.7 Å². The fourth-order valence-electron chi connectivity index (χ4n) is 4.51. The van der Waals surface area contributed by atoms with Crippen molar-refractivity contribution in [3.8, 4) is 5.75 Å². The van der Waals surface area contributed by atoms with E-state index < -0.39 is 64.4 Å². The van der Waals surface area contributed by atoms with Gasteiger partial charge in [0.1, 0.15) is 17.4 Å². The smallest absolute Gasteiger partial charge is 0.428 e. The molecule has 41 heavy (non-hydrogen) atoms. The number of rotatable bonds is 9. The molecular formula is C28H23F9N2O2. The first kappa shape index (κ1) is 30.1. The zero-order valence-electron chi connectivity index (χ0n) is 21.1. The van der Waals surface area contributed by atoms with Crippen LogP contribution < -0.4 is 15.4 Å². The average Bonchev–Trinajstić information content (AvgIpc) is 2.85. The second kappa shape index (κ2) is 11.5. The molecule has 3 aromatic carbocycles. The van der Waals surface area contributed by atoms with E-state index >= 15 is 0 Å². The van der Waals surface area contributed by atoms with Gasteiger partial charge in [-0.05, 0) is 60.2 Å². The van der Waals surface area contributed by atoms with Gasteiger partial charge in [-0.2, -0.15) is 30.7 Å². The zero-order valence-corrected chi connectivity index (χ0v) is 21.1. The van der Waals surface area contributed by atoms with E-state index in [9.17, 15) is 44.3 Å². The Morgan fingerprint density at radius 1 is 0.902 bits per heavy atom. The van der Waals surface area contributed by atoms with E-state index in [1.165, 1.54) is 12.1 Å². The Hall–Kier alpha value is -3.90. The monoisotopic (exact) mass is 590 g/mol. The third-order valence-electron chi connectivity index (χ3n) is 6.72. The van der Waals surface area contributed by atoms with E-state index in [-0.39, 0.29) is 12.5 Å². The third-order valence-corrected chi connectivity index (χ3v) is 6.72. The molecule has 1 fully saturated rings. The minimum atomic E-state index is -5.18. The molecule has 1 atom stereocenters. The molecule has 0 radical (unpaired) electrons. The van der Waals surface area contributed by atoms with Crippen molar-refractivity contribution in [1.82, 2.24) is 10.6 Å². The van der Waals surface area contributed by atoms with Crippen molar-refractivity contribution < 1.29 is 49.0 Å². The SMILES string of the molecule is O=C(NC1CCC1)NC(Cc1ccccc1)(c1cc(F)cc(OC(F)(F)C(F)F)c1)c1ccc(F)c(C(F)(F)F)c1. The number of urea groups is 1. The first-order valence-corrected chi connectivity index (χ1v) is 12.4. The quantitative estimate of drug-likeness (QED) is 0.253. The Morgan fingerprint density at radius 2 is 1.59 bits per heavy atom. The number of hydrogen-bond donors (Lipinski definition) is 2. The van der Waals surface area contributed by atoms with Gasteiger partial charge in [-0.25, -0.2) is 13.6 Å². The van der Waals surface area contributed by atoms with Gasteiger partial charge in [0, 0.05) is 18.5 Å². The van der Waals surface area contributed by atoms with E-state index in [1.807, 2.05) is 0 Å². The van der Waals surface area contributed by atoms with E-state index in [0.29, 0.717) is 42.7 Å². The summed E-state index contributed by atoms with van der Waals surface area (Å²) in [5.41, 5.74) is -4.30. The lowest BCUT2D eigenvalue weighted by atomic mass is 9.77. The van der Waals surface area contributed by atoms with Crippen LogP contribution in [-0.2, 0) is 18.1 Å². The van der Waals surface area contributed by atoms with Crippen LogP contribution in [0.25, 0.3) is 0 Å².